The van der Waals surface area contributed by atoms with Gasteiger partial charge in [-0.1, -0.05) is 142 Å². The van der Waals surface area contributed by atoms with Gasteiger partial charge in [-0.2, -0.15) is 0 Å². The molecule has 15 nitrogen and oxygen atoms in total. The number of methoxy groups -OCH3 is 3. The van der Waals surface area contributed by atoms with Gasteiger partial charge in [0.1, 0.15) is 36.1 Å². The highest BCUT2D eigenvalue weighted by atomic mass is 35.5. The van der Waals surface area contributed by atoms with Crippen LogP contribution in [0.25, 0.3) is 12.2 Å². The van der Waals surface area contributed by atoms with Crippen molar-refractivity contribution in [1.82, 2.24) is 9.97 Å². The molecule has 2 aromatic rings. The van der Waals surface area contributed by atoms with Gasteiger partial charge in [0.2, 0.25) is 14.2 Å². The minimum Gasteiger partial charge on any atom is -0.458 e. The molecule has 486 valence electrons. The summed E-state index contributed by atoms with van der Waals surface area (Å²) in [6, 6.07) is 0. The number of esters is 1. The Morgan fingerprint density at radius 1 is 0.862 bits per heavy atom. The van der Waals surface area contributed by atoms with Crippen molar-refractivity contribution in [2.24, 2.45) is 11.8 Å². The number of allylic oxidation sites excluding steroid dienone is 2. The van der Waals surface area contributed by atoms with Gasteiger partial charge >= 0.3 is 5.97 Å². The largest absolute Gasteiger partial charge is 0.458 e. The van der Waals surface area contributed by atoms with E-state index < -0.39 is 52.8 Å². The third-order valence-corrected chi connectivity index (χ3v) is 30.3. The lowest BCUT2D eigenvalue weighted by atomic mass is 9.79. The summed E-state index contributed by atoms with van der Waals surface area (Å²) in [5.41, 5.74) is 6.93. The summed E-state index contributed by atoms with van der Waals surface area (Å²) in [6.45, 7) is 37.9. The molecule has 8 bridgehead atoms. The fourth-order valence-corrected chi connectivity index (χ4v) is 20.9. The Hall–Kier alpha value is -3.57. The average Bonchev–Trinajstić information content (AvgIpc) is 2.23. The predicted molar refractivity (Wildman–Crippen MR) is 349 cm³/mol. The maximum absolute atomic E-state index is 13.9. The third-order valence-electron chi connectivity index (χ3n) is 19.5. The molecule has 4 fully saturated rings. The molecule has 0 radical (unpaired) electrons. The summed E-state index contributed by atoms with van der Waals surface area (Å²) in [4.78, 5) is 23.9. The molecule has 7 heterocycles. The van der Waals surface area contributed by atoms with E-state index in [2.05, 4.69) is 121 Å². The number of ether oxygens (including phenoxy) is 8. The van der Waals surface area contributed by atoms with Crippen molar-refractivity contribution < 1.29 is 60.4 Å². The zero-order chi connectivity index (χ0) is 63.6. The molecule has 0 N–H and O–H groups in total. The summed E-state index contributed by atoms with van der Waals surface area (Å²) in [6.07, 6.45) is 24.4. The molecule has 0 saturated carbocycles. The Balaban J connectivity index is 1.14. The fraction of sp³-hybridized carbons (Fsp3) is 0.696. The van der Waals surface area contributed by atoms with Crippen LogP contribution in [0, 0.1) is 11.8 Å². The number of hydrogen-bond donors (Lipinski definition) is 0. The van der Waals surface area contributed by atoms with Crippen LogP contribution < -0.4 is 0 Å². The van der Waals surface area contributed by atoms with Crippen molar-refractivity contribution in [1.29, 1.82) is 0 Å². The first-order valence-corrected chi connectivity index (χ1v) is 37.6. The number of aromatic nitrogens is 2. The van der Waals surface area contributed by atoms with Crippen molar-refractivity contribution in [3.63, 3.8) is 0 Å². The van der Waals surface area contributed by atoms with E-state index in [0.29, 0.717) is 79.0 Å². The van der Waals surface area contributed by atoms with E-state index in [-0.39, 0.29) is 72.1 Å². The van der Waals surface area contributed by atoms with Crippen LogP contribution in [-0.4, -0.2) is 127 Å². The molecule has 18 heteroatoms. The van der Waals surface area contributed by atoms with Crippen molar-refractivity contribution >= 4 is 46.4 Å². The Labute approximate surface area is 528 Å². The number of rotatable bonds is 20. The predicted octanol–water partition coefficient (Wildman–Crippen LogP) is 16.5. The van der Waals surface area contributed by atoms with E-state index in [9.17, 15) is 4.79 Å². The van der Waals surface area contributed by atoms with Gasteiger partial charge in [0.15, 0.2) is 20.0 Å². The molecule has 0 unspecified atom stereocenters. The summed E-state index contributed by atoms with van der Waals surface area (Å²) in [7, 11) is 0.553. The topological polar surface area (TPSA) is 161 Å². The van der Waals surface area contributed by atoms with Gasteiger partial charge in [-0.15, -0.1) is 0 Å². The van der Waals surface area contributed by atoms with Gasteiger partial charge in [0.25, 0.3) is 0 Å². The maximum Gasteiger partial charge on any atom is 0.330 e. The summed E-state index contributed by atoms with van der Waals surface area (Å²) in [5, 5.41) is 0.0523. The normalized spacial score (nSPS) is 32.0. The van der Waals surface area contributed by atoms with E-state index in [0.717, 1.165) is 41.7 Å². The van der Waals surface area contributed by atoms with Crippen molar-refractivity contribution in [2.45, 2.75) is 274 Å². The van der Waals surface area contributed by atoms with Gasteiger partial charge in [-0.25, -0.2) is 14.8 Å². The Morgan fingerprint density at radius 3 is 2.24 bits per heavy atom. The summed E-state index contributed by atoms with van der Waals surface area (Å²) < 4.78 is 79.8. The minimum absolute atomic E-state index is 0.00439. The van der Waals surface area contributed by atoms with Gasteiger partial charge in [-0.3, -0.25) is 0 Å². The van der Waals surface area contributed by atoms with E-state index in [4.69, 9.17) is 77.2 Å². The Morgan fingerprint density at radius 2 is 1.57 bits per heavy atom. The molecule has 4 saturated heterocycles. The van der Waals surface area contributed by atoms with Gasteiger partial charge in [0.05, 0.1) is 67.5 Å². The van der Waals surface area contributed by atoms with Crippen LogP contribution in [0.3, 0.4) is 0 Å². The minimum atomic E-state index is -2.45. The first-order valence-electron chi connectivity index (χ1n) is 32.1. The second-order valence-corrected chi connectivity index (χ2v) is 38.4. The lowest BCUT2D eigenvalue weighted by Crippen LogP contribution is -2.57. The molecule has 15 atom stereocenters. The van der Waals surface area contributed by atoms with E-state index in [1.165, 1.54) is 5.54 Å². The number of hydrogen-bond acceptors (Lipinski definition) is 15. The van der Waals surface area contributed by atoms with Crippen LogP contribution in [0.15, 0.2) is 92.7 Å². The number of carbonyl (C=O) groups is 1. The summed E-state index contributed by atoms with van der Waals surface area (Å²) >= 11 is 5.88. The third kappa shape index (κ3) is 18.4. The van der Waals surface area contributed by atoms with Crippen molar-refractivity contribution in [2.75, 3.05) is 21.3 Å². The van der Waals surface area contributed by atoms with Gasteiger partial charge < -0.3 is 55.6 Å². The van der Waals surface area contributed by atoms with Crippen LogP contribution in [0.5, 0.6) is 0 Å². The van der Waals surface area contributed by atoms with E-state index in [1.807, 2.05) is 37.3 Å². The molecule has 5 aliphatic heterocycles. The highest BCUT2D eigenvalue weighted by Gasteiger charge is 2.52. The molecule has 87 heavy (non-hydrogen) atoms. The molecule has 7 rings (SSSR count). The quantitative estimate of drug-likeness (QED) is 0.0532. The Bertz CT molecular complexity index is 2720. The monoisotopic (exact) mass is 1260 g/mol. The summed E-state index contributed by atoms with van der Waals surface area (Å²) in [5.74, 6) is -1.02. The molecule has 0 aliphatic carbocycles. The molecule has 0 aromatic carbocycles. The first-order chi connectivity index (χ1) is 41.1. The lowest BCUT2D eigenvalue weighted by Gasteiger charge is -2.49. The second-order valence-electron chi connectivity index (χ2n) is 27.9. The highest BCUT2D eigenvalue weighted by Crippen LogP contribution is 2.47. The molecule has 0 spiro atoms. The van der Waals surface area contributed by atoms with Crippen LogP contribution in [0.1, 0.15) is 183 Å². The SMILES string of the molecule is C=C1C[C@@H]2C[C@@H]3C[C@@H](O[Si](C)(C)C(C)(C)C)C[C@@H](O3)c3coc(n3)/C=C/C[C@H]3O[C@@H](/C(C)=C/c4coc(C[C@]5(OC)C[C@H](OC)C[C@H]([C@H](/C=C(C)/C=C/[C@@H](C/C=C/Cl)OC)O[Si](C(C)C)(C(C)C)C(C)C)O5)n4)[C@H](C)[C@@H](OC(=O)/C=C\C[C@@H](C1)O2)[C@H]3C. The average molecular weight is 1260 g/mol. The van der Waals surface area contributed by atoms with Crippen molar-refractivity contribution in [3.8, 4) is 0 Å². The van der Waals surface area contributed by atoms with Gasteiger partial charge in [-0.05, 0) is 105 Å². The number of nitrogens with zero attached hydrogens (tertiary/aromatic N) is 2. The Kier molecular flexibility index (Phi) is 25.4. The zero-order valence-electron chi connectivity index (χ0n) is 55.8. The van der Waals surface area contributed by atoms with E-state index >= 15 is 0 Å². The maximum atomic E-state index is 13.9. The number of oxazole rings is 2. The number of fused-ring (bicyclic) bond motifs is 9. The van der Waals surface area contributed by atoms with Crippen LogP contribution >= 0.6 is 11.6 Å². The molecular formula is C69H107ClN2O13Si2. The standard InChI is InChI=1S/C69H107ClN2O13Si2/c1-43(2)87(44(3)4,45(5)6)85-62(33-46(7)28-29-52(74-15)24-22-30-70)61-38-57(75-16)39-69(76-17,83-61)40-64-71-51(41-77-64)34-48(9)66-50(11)67-49(10)59(81-66)25-21-26-63-72-58(42-78-63)60-37-56(84-86(18,19)68(12,13)14)36-55(80-60)35-54-32-47(8)31-53(79-54)23-20-27-65(73)82-67/h20-22,26-30,33-34,41-45,49-50,52-57,59-62,66-67H,8,23-25,31-32,35-40H2,1-7,9-19H3/b26-21+,27-20-,29-28+,30-22+,46-33+,48-34+/t49-,50-,52+,53-,54+,55+,56+,57+,59+,60+,61+,62-,66-,67-,69-/m0/s1. The lowest BCUT2D eigenvalue weighted by molar-refractivity contribution is -0.297. The molecule has 2 aromatic heterocycles. The highest BCUT2D eigenvalue weighted by molar-refractivity contribution is 6.77. The van der Waals surface area contributed by atoms with Crippen molar-refractivity contribution in [3.05, 3.63) is 107 Å². The number of carbonyl (C=O) groups excluding carboxylic acids is 1. The molecule has 5 aliphatic rings. The fourth-order valence-electron chi connectivity index (χ4n) is 13.9. The van der Waals surface area contributed by atoms with Crippen LogP contribution in [-0.2, 0) is 58.0 Å². The first kappa shape index (κ1) is 70.9. The number of halogens is 1. The molecular weight excluding hydrogens is 1160 g/mol. The molecule has 0 amide bonds. The smallest absolute Gasteiger partial charge is 0.330 e. The van der Waals surface area contributed by atoms with Crippen LogP contribution in [0.2, 0.25) is 34.8 Å². The zero-order valence-corrected chi connectivity index (χ0v) is 58.6. The van der Waals surface area contributed by atoms with E-state index in [1.54, 1.807) is 39.9 Å². The van der Waals surface area contributed by atoms with Crippen LogP contribution in [0.4, 0.5) is 0 Å². The van der Waals surface area contributed by atoms with Gasteiger partial charge in [0, 0.05) is 70.5 Å². The second kappa shape index (κ2) is 31.2.